The van der Waals surface area contributed by atoms with Crippen LogP contribution in [0.25, 0.3) is 0 Å². The highest BCUT2D eigenvalue weighted by Gasteiger charge is 2.06. The lowest BCUT2D eigenvalue weighted by Crippen LogP contribution is -2.25. The van der Waals surface area contributed by atoms with Gasteiger partial charge in [0.05, 0.1) is 13.7 Å². The van der Waals surface area contributed by atoms with E-state index in [2.05, 4.69) is 5.32 Å². The van der Waals surface area contributed by atoms with E-state index in [0.717, 1.165) is 11.3 Å². The average Bonchev–Trinajstić information content (AvgIpc) is 2.66. The van der Waals surface area contributed by atoms with Gasteiger partial charge in [-0.25, -0.2) is 0 Å². The predicted octanol–water partition coefficient (Wildman–Crippen LogP) is 3.64. The van der Waals surface area contributed by atoms with Gasteiger partial charge in [-0.05, 0) is 48.4 Å². The Morgan fingerprint density at radius 1 is 1.04 bits per heavy atom. The molecule has 6 heteroatoms. The van der Waals surface area contributed by atoms with Crippen LogP contribution in [0.2, 0.25) is 5.02 Å². The number of benzene rings is 2. The molecule has 0 spiro atoms. The van der Waals surface area contributed by atoms with E-state index in [1.807, 2.05) is 24.3 Å². The number of nitrogens with one attached hydrogen (secondary N) is 1. The molecule has 0 saturated carbocycles. The van der Waals surface area contributed by atoms with E-state index >= 15 is 0 Å². The number of ether oxygens (including phenoxy) is 2. The standard InChI is InChI=1S/C20H22ClNO4/c1-25-18-10-4-15(5-11-18)12-14-26-19(23)3-2-13-22-20(24)16-6-8-17(21)9-7-16/h4-11H,2-3,12-14H2,1H3,(H,22,24). The number of esters is 1. The van der Waals surface area contributed by atoms with Crippen LogP contribution < -0.4 is 10.1 Å². The number of methoxy groups -OCH3 is 1. The third-order valence-corrected chi connectivity index (χ3v) is 4.01. The number of hydrogen-bond acceptors (Lipinski definition) is 4. The second-order valence-electron chi connectivity index (χ2n) is 5.68. The second kappa shape index (κ2) is 10.5. The van der Waals surface area contributed by atoms with Crippen molar-refractivity contribution in [1.29, 1.82) is 0 Å². The zero-order valence-electron chi connectivity index (χ0n) is 14.7. The third kappa shape index (κ3) is 6.76. The Balaban J connectivity index is 1.58. The summed E-state index contributed by atoms with van der Waals surface area (Å²) in [7, 11) is 1.62. The maximum atomic E-state index is 11.9. The number of carbonyl (C=O) groups is 2. The molecular formula is C20H22ClNO4. The lowest BCUT2D eigenvalue weighted by atomic mass is 10.1. The van der Waals surface area contributed by atoms with Crippen LogP contribution in [0, 0.1) is 0 Å². The van der Waals surface area contributed by atoms with Crippen molar-refractivity contribution in [1.82, 2.24) is 5.32 Å². The molecule has 0 aliphatic heterocycles. The topological polar surface area (TPSA) is 64.6 Å². The van der Waals surface area contributed by atoms with Crippen molar-refractivity contribution in [3.63, 3.8) is 0 Å². The zero-order valence-corrected chi connectivity index (χ0v) is 15.4. The summed E-state index contributed by atoms with van der Waals surface area (Å²) < 4.78 is 10.3. The van der Waals surface area contributed by atoms with Gasteiger partial charge in [0.1, 0.15) is 5.75 Å². The molecule has 0 fully saturated rings. The molecule has 0 heterocycles. The van der Waals surface area contributed by atoms with Gasteiger partial charge in [0.25, 0.3) is 5.91 Å². The molecule has 0 atom stereocenters. The number of hydrogen-bond donors (Lipinski definition) is 1. The number of rotatable bonds is 9. The first-order chi connectivity index (χ1) is 12.6. The summed E-state index contributed by atoms with van der Waals surface area (Å²) in [4.78, 5) is 23.6. The SMILES string of the molecule is COc1ccc(CCOC(=O)CCCNC(=O)c2ccc(Cl)cc2)cc1. The molecule has 0 aliphatic carbocycles. The van der Waals surface area contributed by atoms with Crippen molar-refractivity contribution in [3.05, 3.63) is 64.7 Å². The Hall–Kier alpha value is -2.53. The minimum atomic E-state index is -0.265. The molecule has 1 N–H and O–H groups in total. The lowest BCUT2D eigenvalue weighted by Gasteiger charge is -2.07. The lowest BCUT2D eigenvalue weighted by molar-refractivity contribution is -0.143. The first kappa shape index (κ1) is 19.8. The molecule has 0 unspecified atom stereocenters. The number of halogens is 1. The summed E-state index contributed by atoms with van der Waals surface area (Å²) in [5.41, 5.74) is 1.62. The van der Waals surface area contributed by atoms with Crippen molar-refractivity contribution in [2.45, 2.75) is 19.3 Å². The van der Waals surface area contributed by atoms with Crippen molar-refractivity contribution >= 4 is 23.5 Å². The molecule has 0 saturated heterocycles. The summed E-state index contributed by atoms with van der Waals surface area (Å²) in [6.07, 6.45) is 1.45. The van der Waals surface area contributed by atoms with Crippen molar-refractivity contribution in [2.75, 3.05) is 20.3 Å². The van der Waals surface area contributed by atoms with Crippen LogP contribution in [0.3, 0.4) is 0 Å². The molecular weight excluding hydrogens is 354 g/mol. The van der Waals surface area contributed by atoms with Gasteiger partial charge in [-0.2, -0.15) is 0 Å². The van der Waals surface area contributed by atoms with Crippen LogP contribution in [0.1, 0.15) is 28.8 Å². The van der Waals surface area contributed by atoms with E-state index in [1.165, 1.54) is 0 Å². The van der Waals surface area contributed by atoms with Crippen molar-refractivity contribution in [3.8, 4) is 5.75 Å². The van der Waals surface area contributed by atoms with Gasteiger partial charge in [-0.3, -0.25) is 9.59 Å². The molecule has 2 aromatic carbocycles. The second-order valence-corrected chi connectivity index (χ2v) is 6.12. The highest BCUT2D eigenvalue weighted by molar-refractivity contribution is 6.30. The van der Waals surface area contributed by atoms with E-state index in [9.17, 15) is 9.59 Å². The summed E-state index contributed by atoms with van der Waals surface area (Å²) in [5, 5.41) is 3.35. The first-order valence-corrected chi connectivity index (χ1v) is 8.78. The molecule has 1 amide bonds. The van der Waals surface area contributed by atoms with Gasteiger partial charge < -0.3 is 14.8 Å². The zero-order chi connectivity index (χ0) is 18.8. The van der Waals surface area contributed by atoms with Gasteiger partial charge in [-0.15, -0.1) is 0 Å². The Morgan fingerprint density at radius 2 is 1.73 bits per heavy atom. The molecule has 2 aromatic rings. The highest BCUT2D eigenvalue weighted by atomic mass is 35.5. The van der Waals surface area contributed by atoms with Crippen LogP contribution >= 0.6 is 11.6 Å². The smallest absolute Gasteiger partial charge is 0.305 e. The van der Waals surface area contributed by atoms with E-state index in [-0.39, 0.29) is 18.3 Å². The van der Waals surface area contributed by atoms with E-state index < -0.39 is 0 Å². The summed E-state index contributed by atoms with van der Waals surface area (Å²) in [6.45, 7) is 0.747. The molecule has 0 aliphatic rings. The Morgan fingerprint density at radius 3 is 2.38 bits per heavy atom. The highest BCUT2D eigenvalue weighted by Crippen LogP contribution is 2.12. The minimum absolute atomic E-state index is 0.186. The van der Waals surface area contributed by atoms with Crippen LogP contribution in [0.5, 0.6) is 5.75 Å². The summed E-state index contributed by atoms with van der Waals surface area (Å²) in [5.74, 6) is 0.347. The molecule has 138 valence electrons. The van der Waals surface area contributed by atoms with Crippen LogP contribution in [0.4, 0.5) is 0 Å². The van der Waals surface area contributed by atoms with E-state index in [1.54, 1.807) is 31.4 Å². The Kier molecular flexibility index (Phi) is 7.96. The Bertz CT molecular complexity index is 714. The van der Waals surface area contributed by atoms with Gasteiger partial charge >= 0.3 is 5.97 Å². The number of amides is 1. The molecule has 0 aromatic heterocycles. The average molecular weight is 376 g/mol. The fourth-order valence-corrected chi connectivity index (χ4v) is 2.41. The van der Waals surface area contributed by atoms with Crippen LogP contribution in [-0.4, -0.2) is 32.1 Å². The monoisotopic (exact) mass is 375 g/mol. The largest absolute Gasteiger partial charge is 0.497 e. The van der Waals surface area contributed by atoms with Crippen molar-refractivity contribution < 1.29 is 19.1 Å². The Labute approximate surface area is 158 Å². The fraction of sp³-hybridized carbons (Fsp3) is 0.300. The van der Waals surface area contributed by atoms with E-state index in [0.29, 0.717) is 36.6 Å². The first-order valence-electron chi connectivity index (χ1n) is 8.41. The fourth-order valence-electron chi connectivity index (χ4n) is 2.29. The van der Waals surface area contributed by atoms with Gasteiger partial charge in [-0.1, -0.05) is 23.7 Å². The van der Waals surface area contributed by atoms with Gasteiger partial charge in [0.15, 0.2) is 0 Å². The molecule has 26 heavy (non-hydrogen) atoms. The van der Waals surface area contributed by atoms with Crippen LogP contribution in [-0.2, 0) is 16.0 Å². The molecule has 5 nitrogen and oxygen atoms in total. The maximum absolute atomic E-state index is 11.9. The maximum Gasteiger partial charge on any atom is 0.305 e. The number of carbonyl (C=O) groups excluding carboxylic acids is 2. The molecule has 0 bridgehead atoms. The normalized spacial score (nSPS) is 10.2. The third-order valence-electron chi connectivity index (χ3n) is 3.76. The van der Waals surface area contributed by atoms with E-state index in [4.69, 9.17) is 21.1 Å². The molecule has 0 radical (unpaired) electrons. The minimum Gasteiger partial charge on any atom is -0.497 e. The van der Waals surface area contributed by atoms with Gasteiger partial charge in [0.2, 0.25) is 0 Å². The summed E-state index contributed by atoms with van der Waals surface area (Å²) in [6, 6.07) is 14.3. The summed E-state index contributed by atoms with van der Waals surface area (Å²) >= 11 is 5.78. The quantitative estimate of drug-likeness (QED) is 0.536. The molecule has 2 rings (SSSR count). The predicted molar refractivity (Wildman–Crippen MR) is 101 cm³/mol. The van der Waals surface area contributed by atoms with Crippen LogP contribution in [0.15, 0.2) is 48.5 Å². The van der Waals surface area contributed by atoms with Gasteiger partial charge in [0, 0.05) is 30.0 Å². The van der Waals surface area contributed by atoms with Crippen molar-refractivity contribution in [2.24, 2.45) is 0 Å².